The zero-order valence-electron chi connectivity index (χ0n) is 10.8. The number of aryl methyl sites for hydroxylation is 1. The average molecular weight is 253 g/mol. The second-order valence-electron chi connectivity index (χ2n) is 5.17. The predicted octanol–water partition coefficient (Wildman–Crippen LogP) is 3.40. The summed E-state index contributed by atoms with van der Waals surface area (Å²) >= 11 is 1.81. The topological polar surface area (TPSA) is 32.3 Å². The van der Waals surface area contributed by atoms with Crippen molar-refractivity contribution in [3.05, 3.63) is 21.9 Å². The maximum Gasteiger partial charge on any atom is 0.0693 e. The van der Waals surface area contributed by atoms with Gasteiger partial charge in [-0.25, -0.2) is 0 Å². The monoisotopic (exact) mass is 253 g/mol. The smallest absolute Gasteiger partial charge is 0.0693 e. The third-order valence-electron chi connectivity index (χ3n) is 3.74. The molecular weight excluding hydrogens is 230 g/mol. The van der Waals surface area contributed by atoms with Crippen LogP contribution in [0.15, 0.2) is 11.4 Å². The van der Waals surface area contributed by atoms with E-state index in [1.807, 2.05) is 11.3 Å². The van der Waals surface area contributed by atoms with Crippen molar-refractivity contribution in [3.63, 3.8) is 0 Å². The van der Waals surface area contributed by atoms with Crippen LogP contribution in [0.1, 0.15) is 55.5 Å². The van der Waals surface area contributed by atoms with Crippen LogP contribution in [-0.2, 0) is 0 Å². The number of rotatable bonds is 3. The minimum Gasteiger partial charge on any atom is -0.392 e. The molecule has 2 rings (SSSR count). The summed E-state index contributed by atoms with van der Waals surface area (Å²) in [6.45, 7) is 4.37. The molecule has 17 heavy (non-hydrogen) atoms. The van der Waals surface area contributed by atoms with Gasteiger partial charge in [0.1, 0.15) is 0 Å². The number of hydrogen-bond acceptors (Lipinski definition) is 3. The summed E-state index contributed by atoms with van der Waals surface area (Å²) in [7, 11) is 0. The third-order valence-corrected chi connectivity index (χ3v) is 4.94. The van der Waals surface area contributed by atoms with Crippen LogP contribution in [0.3, 0.4) is 0 Å². The van der Waals surface area contributed by atoms with Crippen molar-refractivity contribution in [3.8, 4) is 0 Å². The van der Waals surface area contributed by atoms with Gasteiger partial charge in [0.05, 0.1) is 6.10 Å². The quantitative estimate of drug-likeness (QED) is 0.809. The lowest BCUT2D eigenvalue weighted by molar-refractivity contribution is 0.115. The number of nitrogens with one attached hydrogen (secondary N) is 1. The van der Waals surface area contributed by atoms with E-state index in [0.717, 1.165) is 12.8 Å². The highest BCUT2D eigenvalue weighted by molar-refractivity contribution is 7.10. The van der Waals surface area contributed by atoms with Crippen molar-refractivity contribution in [1.82, 2.24) is 5.32 Å². The fourth-order valence-electron chi connectivity index (χ4n) is 2.71. The standard InChI is InChI=1S/C14H23NOS/c1-10-8-9-17-14(10)11(2)15-12-6-4-3-5-7-13(12)16/h8-9,11-13,15-16H,3-7H2,1-2H3. The molecule has 0 amide bonds. The Kier molecular flexibility index (Phi) is 4.60. The fourth-order valence-corrected chi connectivity index (χ4v) is 3.65. The zero-order chi connectivity index (χ0) is 12.3. The maximum atomic E-state index is 10.1. The Morgan fingerprint density at radius 1 is 1.35 bits per heavy atom. The van der Waals surface area contributed by atoms with E-state index in [1.54, 1.807) is 0 Å². The SMILES string of the molecule is Cc1ccsc1C(C)NC1CCCCCC1O. The second-order valence-corrected chi connectivity index (χ2v) is 6.12. The Bertz CT molecular complexity index is 350. The van der Waals surface area contributed by atoms with Crippen molar-refractivity contribution >= 4 is 11.3 Å². The first kappa shape index (κ1) is 13.1. The van der Waals surface area contributed by atoms with Crippen LogP contribution in [0.25, 0.3) is 0 Å². The molecule has 1 aliphatic rings. The Morgan fingerprint density at radius 3 is 2.82 bits per heavy atom. The molecule has 2 nitrogen and oxygen atoms in total. The van der Waals surface area contributed by atoms with Crippen LogP contribution >= 0.6 is 11.3 Å². The molecule has 3 atom stereocenters. The van der Waals surface area contributed by atoms with Gasteiger partial charge in [-0.05, 0) is 43.7 Å². The van der Waals surface area contributed by atoms with Gasteiger partial charge in [-0.3, -0.25) is 0 Å². The first-order valence-electron chi connectivity index (χ1n) is 6.66. The third kappa shape index (κ3) is 3.30. The minimum atomic E-state index is -0.166. The van der Waals surface area contributed by atoms with E-state index < -0.39 is 0 Å². The van der Waals surface area contributed by atoms with Gasteiger partial charge in [-0.15, -0.1) is 11.3 Å². The molecule has 3 unspecified atom stereocenters. The van der Waals surface area contributed by atoms with Gasteiger partial charge >= 0.3 is 0 Å². The minimum absolute atomic E-state index is 0.166. The van der Waals surface area contributed by atoms with Crippen molar-refractivity contribution in [2.24, 2.45) is 0 Å². The molecule has 0 saturated heterocycles. The molecule has 0 aliphatic heterocycles. The van der Waals surface area contributed by atoms with E-state index in [9.17, 15) is 5.11 Å². The Hall–Kier alpha value is -0.380. The average Bonchev–Trinajstić information content (AvgIpc) is 2.63. The number of hydrogen-bond donors (Lipinski definition) is 2. The Labute approximate surface area is 108 Å². The molecule has 1 aromatic rings. The normalized spacial score (nSPS) is 27.7. The summed E-state index contributed by atoms with van der Waals surface area (Å²) < 4.78 is 0. The maximum absolute atomic E-state index is 10.1. The first-order valence-corrected chi connectivity index (χ1v) is 7.54. The molecule has 1 saturated carbocycles. The summed E-state index contributed by atoms with van der Waals surface area (Å²) in [4.78, 5) is 1.40. The highest BCUT2D eigenvalue weighted by Gasteiger charge is 2.23. The van der Waals surface area contributed by atoms with Gasteiger partial charge in [0, 0.05) is 17.0 Å². The van der Waals surface area contributed by atoms with Crippen LogP contribution in [0.4, 0.5) is 0 Å². The summed E-state index contributed by atoms with van der Waals surface area (Å²) in [5, 5.41) is 15.9. The molecule has 0 radical (unpaired) electrons. The van der Waals surface area contributed by atoms with Crippen LogP contribution < -0.4 is 5.32 Å². The number of aliphatic hydroxyl groups is 1. The van der Waals surface area contributed by atoms with Gasteiger partial charge in [-0.1, -0.05) is 19.3 Å². The molecule has 0 spiro atoms. The van der Waals surface area contributed by atoms with Crippen LogP contribution in [-0.4, -0.2) is 17.3 Å². The number of aliphatic hydroxyl groups excluding tert-OH is 1. The van der Waals surface area contributed by atoms with Crippen molar-refractivity contribution in [1.29, 1.82) is 0 Å². The number of thiophene rings is 1. The van der Waals surface area contributed by atoms with E-state index >= 15 is 0 Å². The van der Waals surface area contributed by atoms with E-state index in [2.05, 4.69) is 30.6 Å². The highest BCUT2D eigenvalue weighted by atomic mass is 32.1. The van der Waals surface area contributed by atoms with E-state index in [4.69, 9.17) is 0 Å². The van der Waals surface area contributed by atoms with E-state index in [-0.39, 0.29) is 12.1 Å². The summed E-state index contributed by atoms with van der Waals surface area (Å²) in [6.07, 6.45) is 5.57. The van der Waals surface area contributed by atoms with Crippen LogP contribution in [0.2, 0.25) is 0 Å². The molecule has 2 N–H and O–H groups in total. The summed E-state index contributed by atoms with van der Waals surface area (Å²) in [5.41, 5.74) is 1.36. The molecule has 1 aromatic heterocycles. The van der Waals surface area contributed by atoms with Crippen molar-refractivity contribution in [2.45, 2.75) is 64.1 Å². The first-order chi connectivity index (χ1) is 8.18. The summed E-state index contributed by atoms with van der Waals surface area (Å²) in [6, 6.07) is 2.79. The van der Waals surface area contributed by atoms with Gasteiger partial charge in [0.25, 0.3) is 0 Å². The lowest BCUT2D eigenvalue weighted by atomic mass is 10.0. The Balaban J connectivity index is 1.97. The molecule has 0 bridgehead atoms. The largest absolute Gasteiger partial charge is 0.392 e. The highest BCUT2D eigenvalue weighted by Crippen LogP contribution is 2.26. The predicted molar refractivity (Wildman–Crippen MR) is 73.5 cm³/mol. The molecule has 3 heteroatoms. The van der Waals surface area contributed by atoms with Crippen molar-refractivity contribution in [2.75, 3.05) is 0 Å². The van der Waals surface area contributed by atoms with Crippen molar-refractivity contribution < 1.29 is 5.11 Å². The van der Waals surface area contributed by atoms with E-state index in [0.29, 0.717) is 6.04 Å². The molecule has 1 aliphatic carbocycles. The summed E-state index contributed by atoms with van der Waals surface area (Å²) in [5.74, 6) is 0. The van der Waals surface area contributed by atoms with Crippen LogP contribution in [0, 0.1) is 6.92 Å². The van der Waals surface area contributed by atoms with Gasteiger partial charge in [0.15, 0.2) is 0 Å². The molecule has 1 fully saturated rings. The van der Waals surface area contributed by atoms with Crippen LogP contribution in [0.5, 0.6) is 0 Å². The fraction of sp³-hybridized carbons (Fsp3) is 0.714. The molecular formula is C14H23NOS. The molecule has 1 heterocycles. The van der Waals surface area contributed by atoms with E-state index in [1.165, 1.54) is 29.7 Å². The Morgan fingerprint density at radius 2 is 2.12 bits per heavy atom. The second kappa shape index (κ2) is 5.98. The van der Waals surface area contributed by atoms with Gasteiger partial charge < -0.3 is 10.4 Å². The molecule has 96 valence electrons. The lowest BCUT2D eigenvalue weighted by Crippen LogP contribution is -2.40. The zero-order valence-corrected chi connectivity index (χ0v) is 11.6. The molecule has 0 aromatic carbocycles. The van der Waals surface area contributed by atoms with Gasteiger partial charge in [0.2, 0.25) is 0 Å². The lowest BCUT2D eigenvalue weighted by Gasteiger charge is -2.26. The van der Waals surface area contributed by atoms with Gasteiger partial charge in [-0.2, -0.15) is 0 Å².